The van der Waals surface area contributed by atoms with Crippen LogP contribution >= 0.6 is 0 Å². The van der Waals surface area contributed by atoms with Crippen LogP contribution in [0.2, 0.25) is 0 Å². The maximum Gasteiger partial charge on any atom is 0.126 e. The number of hydrogen-bond donors (Lipinski definition) is 0. The zero-order valence-electron chi connectivity index (χ0n) is 18.8. The summed E-state index contributed by atoms with van der Waals surface area (Å²) in [7, 11) is 2.13. The normalized spacial score (nSPS) is 12.0. The molecule has 4 aromatic carbocycles. The first-order valence-corrected chi connectivity index (χ1v) is 11.2. The third-order valence-electron chi connectivity index (χ3n) is 6.60. The monoisotopic (exact) mass is 415 g/mol. The van der Waals surface area contributed by atoms with Crippen molar-refractivity contribution in [2.45, 2.75) is 26.7 Å². The molecule has 6 rings (SSSR count). The van der Waals surface area contributed by atoms with Crippen LogP contribution in [-0.2, 0) is 7.05 Å². The van der Waals surface area contributed by atoms with Crippen LogP contribution in [0.5, 0.6) is 0 Å². The van der Waals surface area contributed by atoms with Crippen molar-refractivity contribution in [3.8, 4) is 11.3 Å². The zero-order chi connectivity index (χ0) is 22.0. The van der Waals surface area contributed by atoms with Crippen molar-refractivity contribution in [3.63, 3.8) is 0 Å². The standard InChI is InChI=1S/C29H25N3/c1-17(2)24-15-22(13-21-11-7-8-12-23(21)24)27-29-28(31-18(3)30-27)25-14-19-9-5-6-10-20(19)16-26(25)32(29)4/h5-17H,1-4H3. The van der Waals surface area contributed by atoms with Gasteiger partial charge in [0.15, 0.2) is 0 Å². The van der Waals surface area contributed by atoms with E-state index in [1.165, 1.54) is 38.0 Å². The van der Waals surface area contributed by atoms with Crippen molar-refractivity contribution in [2.75, 3.05) is 0 Å². The lowest BCUT2D eigenvalue weighted by Gasteiger charge is -2.14. The quantitative estimate of drug-likeness (QED) is 0.293. The van der Waals surface area contributed by atoms with Crippen LogP contribution in [0.3, 0.4) is 0 Å². The minimum atomic E-state index is 0.427. The summed E-state index contributed by atoms with van der Waals surface area (Å²) >= 11 is 0. The number of benzene rings is 4. The Hall–Kier alpha value is -3.72. The minimum absolute atomic E-state index is 0.427. The van der Waals surface area contributed by atoms with Gasteiger partial charge in [0.25, 0.3) is 0 Å². The molecule has 0 fully saturated rings. The second-order valence-corrected chi connectivity index (χ2v) is 9.03. The van der Waals surface area contributed by atoms with Gasteiger partial charge in [-0.3, -0.25) is 0 Å². The minimum Gasteiger partial charge on any atom is -0.340 e. The van der Waals surface area contributed by atoms with Gasteiger partial charge in [-0.2, -0.15) is 0 Å². The topological polar surface area (TPSA) is 30.7 Å². The van der Waals surface area contributed by atoms with Gasteiger partial charge in [-0.25, -0.2) is 9.97 Å². The number of aryl methyl sites for hydroxylation is 2. The van der Waals surface area contributed by atoms with Crippen molar-refractivity contribution in [1.29, 1.82) is 0 Å². The fourth-order valence-corrected chi connectivity index (χ4v) is 5.04. The van der Waals surface area contributed by atoms with Gasteiger partial charge in [0.05, 0.1) is 16.7 Å². The van der Waals surface area contributed by atoms with E-state index in [0.29, 0.717) is 5.92 Å². The Morgan fingerprint density at radius 2 is 1.44 bits per heavy atom. The van der Waals surface area contributed by atoms with Crippen molar-refractivity contribution in [3.05, 3.63) is 84.2 Å². The van der Waals surface area contributed by atoms with E-state index in [-0.39, 0.29) is 0 Å². The molecule has 3 nitrogen and oxygen atoms in total. The van der Waals surface area contributed by atoms with Crippen molar-refractivity contribution >= 4 is 43.5 Å². The van der Waals surface area contributed by atoms with Crippen LogP contribution in [0.1, 0.15) is 31.2 Å². The molecule has 0 spiro atoms. The number of rotatable bonds is 2. The molecule has 0 aliphatic carbocycles. The molecule has 6 aromatic rings. The molecule has 0 radical (unpaired) electrons. The van der Waals surface area contributed by atoms with E-state index in [1.54, 1.807) is 0 Å². The van der Waals surface area contributed by atoms with E-state index < -0.39 is 0 Å². The third kappa shape index (κ3) is 2.74. The molecule has 0 saturated carbocycles. The first kappa shape index (κ1) is 19.0. The van der Waals surface area contributed by atoms with Crippen molar-refractivity contribution in [2.24, 2.45) is 7.05 Å². The first-order valence-electron chi connectivity index (χ1n) is 11.2. The van der Waals surface area contributed by atoms with Gasteiger partial charge >= 0.3 is 0 Å². The van der Waals surface area contributed by atoms with Crippen molar-refractivity contribution in [1.82, 2.24) is 14.5 Å². The molecule has 0 aliphatic heterocycles. The Labute approximate surface area is 187 Å². The Balaban J connectivity index is 1.75. The molecule has 0 unspecified atom stereocenters. The summed E-state index contributed by atoms with van der Waals surface area (Å²) in [4.78, 5) is 9.88. The summed E-state index contributed by atoms with van der Waals surface area (Å²) in [5, 5.41) is 6.22. The summed E-state index contributed by atoms with van der Waals surface area (Å²) in [5.74, 6) is 1.23. The Morgan fingerprint density at radius 3 is 2.19 bits per heavy atom. The molecule has 2 heterocycles. The molecule has 0 amide bonds. The molecular weight excluding hydrogens is 390 g/mol. The Bertz CT molecular complexity index is 1670. The van der Waals surface area contributed by atoms with Gasteiger partial charge < -0.3 is 4.57 Å². The number of fused-ring (bicyclic) bond motifs is 5. The fraction of sp³-hybridized carbons (Fsp3) is 0.172. The van der Waals surface area contributed by atoms with E-state index in [9.17, 15) is 0 Å². The summed E-state index contributed by atoms with van der Waals surface area (Å²) in [6.45, 7) is 6.51. The second kappa shape index (κ2) is 6.89. The maximum absolute atomic E-state index is 4.97. The molecule has 0 saturated heterocycles. The molecule has 0 N–H and O–H groups in total. The second-order valence-electron chi connectivity index (χ2n) is 9.03. The summed E-state index contributed by atoms with van der Waals surface area (Å²) in [5.41, 5.74) is 6.80. The van der Waals surface area contributed by atoms with Gasteiger partial charge in [-0.1, -0.05) is 62.4 Å². The molecular formula is C29H25N3. The van der Waals surface area contributed by atoms with E-state index in [1.807, 2.05) is 6.92 Å². The number of aromatic nitrogens is 3. The Kier molecular flexibility index (Phi) is 4.09. The SMILES string of the molecule is Cc1nc(-c2cc(C(C)C)c3ccccc3c2)c2c(n1)c1cc3ccccc3cc1n2C. The number of nitrogens with zero attached hydrogens (tertiary/aromatic N) is 3. The fourth-order valence-electron chi connectivity index (χ4n) is 5.04. The van der Waals surface area contributed by atoms with Crippen LogP contribution in [0.4, 0.5) is 0 Å². The predicted octanol–water partition coefficient (Wildman–Crippen LogP) is 7.53. The van der Waals surface area contributed by atoms with Gasteiger partial charge in [0.1, 0.15) is 11.3 Å². The molecule has 0 atom stereocenters. The van der Waals surface area contributed by atoms with Crippen molar-refractivity contribution < 1.29 is 0 Å². The molecule has 2 aromatic heterocycles. The highest BCUT2D eigenvalue weighted by Gasteiger charge is 2.19. The van der Waals surface area contributed by atoms with Gasteiger partial charge in [-0.05, 0) is 64.2 Å². The van der Waals surface area contributed by atoms with E-state index in [2.05, 4.69) is 98.3 Å². The molecule has 0 aliphatic rings. The van der Waals surface area contributed by atoms with E-state index in [4.69, 9.17) is 9.97 Å². The lowest BCUT2D eigenvalue weighted by molar-refractivity contribution is 0.876. The van der Waals surface area contributed by atoms with Gasteiger partial charge in [0, 0.05) is 18.0 Å². The van der Waals surface area contributed by atoms with Crippen LogP contribution in [-0.4, -0.2) is 14.5 Å². The lowest BCUT2D eigenvalue weighted by atomic mass is 9.92. The average molecular weight is 416 g/mol. The summed E-state index contributed by atoms with van der Waals surface area (Å²) < 4.78 is 2.26. The van der Waals surface area contributed by atoms with E-state index in [0.717, 1.165) is 28.1 Å². The number of hydrogen-bond acceptors (Lipinski definition) is 2. The van der Waals surface area contributed by atoms with Crippen LogP contribution in [0, 0.1) is 6.92 Å². The van der Waals surface area contributed by atoms with Crippen LogP contribution in [0.15, 0.2) is 72.8 Å². The summed E-state index contributed by atoms with van der Waals surface area (Å²) in [6, 6.07) is 26.3. The Morgan fingerprint density at radius 1 is 0.750 bits per heavy atom. The smallest absolute Gasteiger partial charge is 0.126 e. The largest absolute Gasteiger partial charge is 0.340 e. The third-order valence-corrected chi connectivity index (χ3v) is 6.60. The molecule has 32 heavy (non-hydrogen) atoms. The maximum atomic E-state index is 4.97. The highest BCUT2D eigenvalue weighted by Crippen LogP contribution is 2.38. The van der Waals surface area contributed by atoms with Gasteiger partial charge in [-0.15, -0.1) is 0 Å². The first-order chi connectivity index (χ1) is 15.5. The van der Waals surface area contributed by atoms with Crippen LogP contribution < -0.4 is 0 Å². The molecule has 0 bridgehead atoms. The van der Waals surface area contributed by atoms with Crippen LogP contribution in [0.25, 0.3) is 54.7 Å². The predicted molar refractivity (Wildman–Crippen MR) is 135 cm³/mol. The van der Waals surface area contributed by atoms with Gasteiger partial charge in [0.2, 0.25) is 0 Å². The molecule has 156 valence electrons. The highest BCUT2D eigenvalue weighted by atomic mass is 15.0. The summed E-state index contributed by atoms with van der Waals surface area (Å²) in [6.07, 6.45) is 0. The lowest BCUT2D eigenvalue weighted by Crippen LogP contribution is -1.98. The van der Waals surface area contributed by atoms with E-state index >= 15 is 0 Å². The average Bonchev–Trinajstić information content (AvgIpc) is 3.07. The highest BCUT2D eigenvalue weighted by molar-refractivity contribution is 6.14. The molecule has 3 heteroatoms. The zero-order valence-corrected chi connectivity index (χ0v) is 18.8.